The molecular weight excluding hydrogens is 661 g/mol. The van der Waals surface area contributed by atoms with Crippen LogP contribution in [0.1, 0.15) is 99.6 Å². The molecule has 0 radical (unpaired) electrons. The summed E-state index contributed by atoms with van der Waals surface area (Å²) in [7, 11) is 0. The molecular formula is C55H46. The lowest BCUT2D eigenvalue weighted by molar-refractivity contribution is 0.591. The molecule has 55 heavy (non-hydrogen) atoms. The van der Waals surface area contributed by atoms with Crippen LogP contribution >= 0.6 is 0 Å². The molecule has 1 aliphatic rings. The fourth-order valence-corrected chi connectivity index (χ4v) is 8.61. The van der Waals surface area contributed by atoms with E-state index in [0.29, 0.717) is 11.1 Å². The first-order valence-electron chi connectivity index (χ1n) is 26.7. The minimum absolute atomic E-state index is 0.0488. The Morgan fingerprint density at radius 3 is 1.13 bits per heavy atom. The van der Waals surface area contributed by atoms with Crippen molar-refractivity contribution in [2.24, 2.45) is 0 Å². The Morgan fingerprint density at radius 2 is 0.745 bits per heavy atom. The first-order chi connectivity index (χ1) is 33.0. The van der Waals surface area contributed by atoms with Gasteiger partial charge in [0.25, 0.3) is 0 Å². The van der Waals surface area contributed by atoms with Gasteiger partial charge in [-0.05, 0) is 143 Å². The highest BCUT2D eigenvalue weighted by Gasteiger charge is 2.36. The molecule has 0 saturated heterocycles. The maximum Gasteiger partial charge on any atom is 0.0632 e. The third kappa shape index (κ3) is 4.58. The topological polar surface area (TPSA) is 0 Å². The van der Waals surface area contributed by atoms with Crippen molar-refractivity contribution in [2.75, 3.05) is 0 Å². The molecule has 0 heteroatoms. The van der Waals surface area contributed by atoms with E-state index in [1.54, 1.807) is 12.1 Å². The summed E-state index contributed by atoms with van der Waals surface area (Å²) in [6, 6.07) is 6.72. The van der Waals surface area contributed by atoms with Crippen molar-refractivity contribution in [3.8, 4) is 33.4 Å². The second kappa shape index (κ2) is 10.7. The smallest absolute Gasteiger partial charge is 0.0561 e. The first-order valence-corrected chi connectivity index (χ1v) is 18.7. The van der Waals surface area contributed by atoms with E-state index in [1.165, 1.54) is 0 Å². The molecule has 0 fully saturated rings. The Kier molecular flexibility index (Phi) is 3.96. The van der Waals surface area contributed by atoms with E-state index in [1.807, 2.05) is 79.7 Å². The Labute approximate surface area is 346 Å². The highest BCUT2D eigenvalue weighted by Crippen LogP contribution is 2.52. The van der Waals surface area contributed by atoms with Crippen LogP contribution in [0, 0.1) is 0 Å². The molecule has 0 aromatic heterocycles. The van der Waals surface area contributed by atoms with Crippen molar-refractivity contribution in [3.63, 3.8) is 0 Å². The van der Waals surface area contributed by atoms with E-state index >= 15 is 0 Å². The van der Waals surface area contributed by atoms with Crippen molar-refractivity contribution in [2.45, 2.75) is 71.6 Å². The zero-order chi connectivity index (χ0) is 51.7. The average Bonchev–Trinajstić information content (AvgIpc) is 3.50. The lowest BCUT2D eigenvalue weighted by Gasteiger charge is -2.24. The largest absolute Gasteiger partial charge is 0.0632 e. The Bertz CT molecular complexity index is 3840. The molecule has 0 heterocycles. The van der Waals surface area contributed by atoms with Crippen LogP contribution in [0.3, 0.4) is 0 Å². The fourth-order valence-electron chi connectivity index (χ4n) is 8.61. The van der Waals surface area contributed by atoms with Crippen LogP contribution in [0.2, 0.25) is 0 Å². The van der Waals surface area contributed by atoms with Gasteiger partial charge in [-0.15, -0.1) is 0 Å². The molecule has 0 atom stereocenters. The second-order valence-electron chi connectivity index (χ2n) is 17.6. The molecule has 0 N–H and O–H groups in total. The van der Waals surface area contributed by atoms with Crippen molar-refractivity contribution in [1.29, 1.82) is 0 Å². The van der Waals surface area contributed by atoms with Crippen molar-refractivity contribution >= 4 is 64.6 Å². The third-order valence-corrected chi connectivity index (χ3v) is 11.6. The molecule has 1 aliphatic carbocycles. The van der Waals surface area contributed by atoms with Crippen molar-refractivity contribution in [1.82, 2.24) is 0 Å². The first kappa shape index (κ1) is 20.3. The average molecular weight is 723 g/mol. The Hall–Kier alpha value is -5.72. The van der Waals surface area contributed by atoms with Gasteiger partial charge in [0.15, 0.2) is 0 Å². The summed E-state index contributed by atoms with van der Waals surface area (Å²) in [5.74, 6) is 0. The van der Waals surface area contributed by atoms with E-state index in [0.717, 1.165) is 22.3 Å². The molecule has 0 amide bonds. The Balaban J connectivity index is 1.16. The van der Waals surface area contributed by atoms with Gasteiger partial charge in [0.1, 0.15) is 0 Å². The van der Waals surface area contributed by atoms with Crippen LogP contribution in [0.4, 0.5) is 0 Å². The highest BCUT2D eigenvalue weighted by molar-refractivity contribution is 6.27. The lowest BCUT2D eigenvalue weighted by Crippen LogP contribution is -2.15. The van der Waals surface area contributed by atoms with E-state index in [9.17, 15) is 16.4 Å². The van der Waals surface area contributed by atoms with Gasteiger partial charge in [-0.2, -0.15) is 0 Å². The number of rotatable bonds is 2. The van der Waals surface area contributed by atoms with Crippen LogP contribution < -0.4 is 0 Å². The molecule has 266 valence electrons. The molecule has 0 aliphatic heterocycles. The second-order valence-corrected chi connectivity index (χ2v) is 17.6. The highest BCUT2D eigenvalue weighted by atomic mass is 14.4. The normalized spacial score (nSPS) is 18.4. The van der Waals surface area contributed by atoms with Crippen LogP contribution in [0.15, 0.2) is 133 Å². The minimum Gasteiger partial charge on any atom is -0.0561 e. The summed E-state index contributed by atoms with van der Waals surface area (Å²) in [6.45, 7) is 15.0. The SMILES string of the molecule is [2H]c1c([2H])c2c([2H])c([2H])c3c([2H])c(C(C)(C)C)c([2H])c4c([2H])c([2H])c(c1-c1ccc5c(c1)C(C)(C)c1cc(-c6c([2H])c([2H])c7c([2H])c([2H])c8c([2H])c(C(C)(C)C)c([2H])c9c([2H])c([2H])c6c7c89)ccc1-5)c2c34. The van der Waals surface area contributed by atoms with Gasteiger partial charge in [0.2, 0.25) is 0 Å². The molecule has 10 aromatic rings. The van der Waals surface area contributed by atoms with E-state index in [-0.39, 0.29) is 184 Å². The van der Waals surface area contributed by atoms with Gasteiger partial charge < -0.3 is 0 Å². The molecule has 0 saturated carbocycles. The summed E-state index contributed by atoms with van der Waals surface area (Å²) < 4.78 is 149. The van der Waals surface area contributed by atoms with Gasteiger partial charge in [0, 0.05) is 5.41 Å². The lowest BCUT2D eigenvalue weighted by atomic mass is 9.80. The zero-order valence-electron chi connectivity index (χ0n) is 48.0. The molecule has 11 rings (SSSR count). The van der Waals surface area contributed by atoms with Gasteiger partial charge >= 0.3 is 0 Å². The molecule has 0 unspecified atom stereocenters. The number of fused-ring (bicyclic) bond motifs is 3. The maximum atomic E-state index is 9.54. The van der Waals surface area contributed by atoms with Crippen molar-refractivity contribution in [3.05, 3.63) is 155 Å². The standard InChI is InChI=1S/C55H46/c1-53(2,3)39-25-35-11-9-31-13-19-41(45-23-17-37(27-39)49(35)51(31)45)33-15-21-43-44-22-16-34(30-48(44)55(7,8)47(43)29-33)42-20-14-32-10-12-36-26-40(54(4,5)6)28-38-18-24-46(42)52(32)50(36)38/h9-30H,1-8H3/i9D,10D,11D,12D,13D,14D,17D,18D,19D,20D,23D,24D,25D,26D,27D,28D. The molecule has 0 spiro atoms. The molecule has 10 aromatic carbocycles. The predicted octanol–water partition coefficient (Wildman–Crippen LogP) is 15.7. The predicted molar refractivity (Wildman–Crippen MR) is 240 cm³/mol. The molecule has 0 bridgehead atoms. The fraction of sp³-hybridized carbons (Fsp3) is 0.200. The summed E-state index contributed by atoms with van der Waals surface area (Å²) in [5.41, 5.74) is 2.81. The van der Waals surface area contributed by atoms with Gasteiger partial charge in [-0.1, -0.05) is 176 Å². The third-order valence-electron chi connectivity index (χ3n) is 11.6. The van der Waals surface area contributed by atoms with Crippen LogP contribution in [0.5, 0.6) is 0 Å². The van der Waals surface area contributed by atoms with Gasteiger partial charge in [-0.25, -0.2) is 0 Å². The quantitative estimate of drug-likeness (QED) is 0.156. The zero-order valence-corrected chi connectivity index (χ0v) is 32.0. The Morgan fingerprint density at radius 1 is 0.400 bits per heavy atom. The van der Waals surface area contributed by atoms with Gasteiger partial charge in [-0.3, -0.25) is 0 Å². The summed E-state index contributed by atoms with van der Waals surface area (Å²) >= 11 is 0. The minimum atomic E-state index is -0.798. The monoisotopic (exact) mass is 722 g/mol. The van der Waals surface area contributed by atoms with Crippen LogP contribution in [-0.2, 0) is 16.2 Å². The summed E-state index contributed by atoms with van der Waals surface area (Å²) in [4.78, 5) is 0. The van der Waals surface area contributed by atoms with E-state index in [4.69, 9.17) is 5.48 Å². The van der Waals surface area contributed by atoms with Crippen molar-refractivity contribution < 1.29 is 21.9 Å². The maximum absolute atomic E-state index is 9.54. The van der Waals surface area contributed by atoms with Crippen LogP contribution in [0.25, 0.3) is 98.0 Å². The van der Waals surface area contributed by atoms with E-state index in [2.05, 4.69) is 0 Å². The van der Waals surface area contributed by atoms with Crippen LogP contribution in [-0.4, -0.2) is 0 Å². The van der Waals surface area contributed by atoms with Gasteiger partial charge in [0.05, 0.1) is 21.9 Å². The number of hydrogen-bond acceptors (Lipinski definition) is 0. The van der Waals surface area contributed by atoms with E-state index < -0.39 is 16.2 Å². The molecule has 0 nitrogen and oxygen atoms in total. The number of benzene rings is 10. The summed E-state index contributed by atoms with van der Waals surface area (Å²) in [6.07, 6.45) is 0. The summed E-state index contributed by atoms with van der Waals surface area (Å²) in [5, 5.41) is 1.18. The number of hydrogen-bond donors (Lipinski definition) is 0.